The molecule has 4 nitrogen and oxygen atoms in total. The van der Waals surface area contributed by atoms with Gasteiger partial charge in [-0.25, -0.2) is 0 Å². The fourth-order valence-electron chi connectivity index (χ4n) is 3.21. The topological polar surface area (TPSA) is 49.6 Å². The van der Waals surface area contributed by atoms with Gasteiger partial charge in [0.15, 0.2) is 0 Å². The molecule has 1 aliphatic rings. The van der Waals surface area contributed by atoms with Crippen molar-refractivity contribution in [1.29, 1.82) is 0 Å². The monoisotopic (exact) mass is 311 g/mol. The highest BCUT2D eigenvalue weighted by molar-refractivity contribution is 5.85. The van der Waals surface area contributed by atoms with Gasteiger partial charge in [-0.05, 0) is 16.3 Å². The van der Waals surface area contributed by atoms with Crippen molar-refractivity contribution in [3.8, 4) is 0 Å². The minimum atomic E-state index is -0.0698. The molecule has 0 aliphatic carbocycles. The summed E-state index contributed by atoms with van der Waals surface area (Å²) in [6.07, 6.45) is 0. The molecule has 0 radical (unpaired) electrons. The smallest absolute Gasteiger partial charge is 0.226 e. The Hall–Kier alpha value is -1.91. The molecule has 1 fully saturated rings. The van der Waals surface area contributed by atoms with Gasteiger partial charge in [0.25, 0.3) is 0 Å². The lowest BCUT2D eigenvalue weighted by Gasteiger charge is -2.36. The lowest BCUT2D eigenvalue weighted by atomic mass is 10.0. The van der Waals surface area contributed by atoms with Gasteiger partial charge in [-0.15, -0.1) is 0 Å². The van der Waals surface area contributed by atoms with Crippen molar-refractivity contribution in [2.45, 2.75) is 13.5 Å². The summed E-state index contributed by atoms with van der Waals surface area (Å²) in [6.45, 7) is 6.72. The molecule has 0 aromatic heterocycles. The number of piperazine rings is 1. The summed E-state index contributed by atoms with van der Waals surface area (Å²) in [7, 11) is 0. The lowest BCUT2D eigenvalue weighted by Crippen LogP contribution is -2.50. The molecule has 1 atom stereocenters. The molecule has 122 valence electrons. The summed E-state index contributed by atoms with van der Waals surface area (Å²) in [6, 6.07) is 15.0. The third-order valence-corrected chi connectivity index (χ3v) is 4.73. The van der Waals surface area contributed by atoms with Crippen LogP contribution in [0, 0.1) is 5.92 Å². The van der Waals surface area contributed by atoms with Crippen LogP contribution < -0.4 is 5.73 Å². The molecule has 3 rings (SSSR count). The fraction of sp³-hybridized carbons (Fsp3) is 0.421. The molecule has 2 aromatic carbocycles. The molecule has 1 saturated heterocycles. The Labute approximate surface area is 137 Å². The Balaban J connectivity index is 1.63. The molecular weight excluding hydrogens is 286 g/mol. The van der Waals surface area contributed by atoms with Gasteiger partial charge in [-0.3, -0.25) is 9.69 Å². The van der Waals surface area contributed by atoms with Gasteiger partial charge in [0.1, 0.15) is 0 Å². The van der Waals surface area contributed by atoms with Crippen molar-refractivity contribution < 1.29 is 4.79 Å². The lowest BCUT2D eigenvalue weighted by molar-refractivity contribution is -0.136. The summed E-state index contributed by atoms with van der Waals surface area (Å²) in [5, 5.41) is 2.61. The molecule has 1 heterocycles. The number of nitrogens with two attached hydrogens (primary N) is 1. The van der Waals surface area contributed by atoms with Crippen LogP contribution in [-0.4, -0.2) is 48.4 Å². The second-order valence-corrected chi connectivity index (χ2v) is 6.38. The Morgan fingerprint density at radius 3 is 2.52 bits per heavy atom. The first kappa shape index (κ1) is 16.0. The molecule has 2 N–H and O–H groups in total. The molecule has 1 aliphatic heterocycles. The van der Waals surface area contributed by atoms with Crippen LogP contribution in [0.4, 0.5) is 0 Å². The van der Waals surface area contributed by atoms with Crippen LogP contribution in [0.15, 0.2) is 42.5 Å². The number of carbonyl (C=O) groups is 1. The molecule has 2 aromatic rings. The largest absolute Gasteiger partial charge is 0.340 e. The number of carbonyl (C=O) groups excluding carboxylic acids is 1. The highest BCUT2D eigenvalue weighted by Gasteiger charge is 2.24. The van der Waals surface area contributed by atoms with E-state index in [4.69, 9.17) is 5.73 Å². The molecule has 23 heavy (non-hydrogen) atoms. The first-order valence-corrected chi connectivity index (χ1v) is 8.37. The Morgan fingerprint density at radius 1 is 1.09 bits per heavy atom. The van der Waals surface area contributed by atoms with E-state index in [2.05, 4.69) is 47.4 Å². The van der Waals surface area contributed by atoms with Crippen molar-refractivity contribution in [1.82, 2.24) is 9.80 Å². The van der Waals surface area contributed by atoms with Gasteiger partial charge in [0.2, 0.25) is 5.91 Å². The van der Waals surface area contributed by atoms with E-state index < -0.39 is 0 Å². The van der Waals surface area contributed by atoms with Crippen molar-refractivity contribution in [3.05, 3.63) is 48.0 Å². The van der Waals surface area contributed by atoms with Crippen LogP contribution in [-0.2, 0) is 11.3 Å². The number of benzene rings is 2. The van der Waals surface area contributed by atoms with E-state index in [9.17, 15) is 4.79 Å². The van der Waals surface area contributed by atoms with E-state index in [1.807, 2.05) is 11.8 Å². The maximum Gasteiger partial charge on any atom is 0.226 e. The average Bonchev–Trinajstić information content (AvgIpc) is 2.61. The average molecular weight is 311 g/mol. The first-order chi connectivity index (χ1) is 11.2. The van der Waals surface area contributed by atoms with Crippen LogP contribution in [0.5, 0.6) is 0 Å². The minimum Gasteiger partial charge on any atom is -0.340 e. The maximum absolute atomic E-state index is 12.2. The van der Waals surface area contributed by atoms with Crippen LogP contribution in [0.1, 0.15) is 12.5 Å². The van der Waals surface area contributed by atoms with E-state index in [-0.39, 0.29) is 11.8 Å². The van der Waals surface area contributed by atoms with Crippen molar-refractivity contribution in [3.63, 3.8) is 0 Å². The van der Waals surface area contributed by atoms with Crippen molar-refractivity contribution in [2.24, 2.45) is 11.7 Å². The third kappa shape index (κ3) is 3.54. The normalized spacial score (nSPS) is 17.4. The number of rotatable bonds is 4. The predicted octanol–water partition coefficient (Wildman–Crippen LogP) is 2.08. The van der Waals surface area contributed by atoms with Gasteiger partial charge in [-0.1, -0.05) is 49.4 Å². The van der Waals surface area contributed by atoms with Gasteiger partial charge in [0, 0.05) is 45.2 Å². The maximum atomic E-state index is 12.2. The van der Waals surface area contributed by atoms with Crippen LogP contribution in [0.2, 0.25) is 0 Å². The summed E-state index contributed by atoms with van der Waals surface area (Å²) < 4.78 is 0. The zero-order valence-electron chi connectivity index (χ0n) is 13.7. The van der Waals surface area contributed by atoms with Crippen LogP contribution >= 0.6 is 0 Å². The van der Waals surface area contributed by atoms with Crippen LogP contribution in [0.3, 0.4) is 0 Å². The molecular formula is C19H25N3O. The second-order valence-electron chi connectivity index (χ2n) is 6.38. The number of nitrogens with zero attached hydrogens (tertiary/aromatic N) is 2. The quantitative estimate of drug-likeness (QED) is 0.940. The van der Waals surface area contributed by atoms with Crippen LogP contribution in [0.25, 0.3) is 10.8 Å². The zero-order valence-corrected chi connectivity index (χ0v) is 13.7. The zero-order chi connectivity index (χ0) is 16.2. The SMILES string of the molecule is CC(CN)C(=O)N1CCN(Cc2cccc3ccccc23)CC1. The molecule has 4 heteroatoms. The number of fused-ring (bicyclic) bond motifs is 1. The van der Waals surface area contributed by atoms with Gasteiger partial charge in [-0.2, -0.15) is 0 Å². The fourth-order valence-corrected chi connectivity index (χ4v) is 3.21. The number of hydrogen-bond acceptors (Lipinski definition) is 3. The molecule has 0 bridgehead atoms. The molecule has 0 spiro atoms. The highest BCUT2D eigenvalue weighted by atomic mass is 16.2. The second kappa shape index (κ2) is 7.11. The van der Waals surface area contributed by atoms with E-state index in [1.54, 1.807) is 0 Å². The third-order valence-electron chi connectivity index (χ3n) is 4.73. The number of hydrogen-bond donors (Lipinski definition) is 1. The predicted molar refractivity (Wildman–Crippen MR) is 94.0 cm³/mol. The van der Waals surface area contributed by atoms with Crippen molar-refractivity contribution in [2.75, 3.05) is 32.7 Å². The van der Waals surface area contributed by atoms with Gasteiger partial charge < -0.3 is 10.6 Å². The standard InChI is InChI=1S/C19H25N3O/c1-15(13-20)19(23)22-11-9-21(10-12-22)14-17-7-4-6-16-5-2-3-8-18(16)17/h2-8,15H,9-14,20H2,1H3. The summed E-state index contributed by atoms with van der Waals surface area (Å²) in [5.74, 6) is 0.122. The Bertz CT molecular complexity index is 672. The minimum absolute atomic E-state index is 0.0698. The van der Waals surface area contributed by atoms with Gasteiger partial charge in [0.05, 0.1) is 0 Å². The Kier molecular flexibility index (Phi) is 4.94. The summed E-state index contributed by atoms with van der Waals surface area (Å²) in [4.78, 5) is 16.6. The molecule has 1 amide bonds. The number of amides is 1. The summed E-state index contributed by atoms with van der Waals surface area (Å²) >= 11 is 0. The van der Waals surface area contributed by atoms with Gasteiger partial charge >= 0.3 is 0 Å². The van der Waals surface area contributed by atoms with E-state index >= 15 is 0 Å². The highest BCUT2D eigenvalue weighted by Crippen LogP contribution is 2.20. The molecule has 1 unspecified atom stereocenters. The van der Waals surface area contributed by atoms with E-state index in [0.29, 0.717) is 6.54 Å². The van der Waals surface area contributed by atoms with E-state index in [1.165, 1.54) is 16.3 Å². The van der Waals surface area contributed by atoms with E-state index in [0.717, 1.165) is 32.7 Å². The first-order valence-electron chi connectivity index (χ1n) is 8.37. The van der Waals surface area contributed by atoms with Crippen molar-refractivity contribution >= 4 is 16.7 Å². The summed E-state index contributed by atoms with van der Waals surface area (Å²) in [5.41, 5.74) is 6.96. The Morgan fingerprint density at radius 2 is 1.78 bits per heavy atom. The molecule has 0 saturated carbocycles.